The van der Waals surface area contributed by atoms with Crippen LogP contribution in [0.25, 0.3) is 0 Å². The maximum atomic E-state index is 12.8. The molecule has 0 atom stereocenters. The number of amides is 2. The lowest BCUT2D eigenvalue weighted by Gasteiger charge is -2.54. The standard InChI is InChI=1S/C19H29N3O2/c1-6-13-7-9-15(10-8-13)21-16(23)17(24)22-18(2,3)11-14(20)12-19(22,4)5/h7-10,14H,6,11-12,20H2,1-5H3,(H,21,23). The van der Waals surface area contributed by atoms with Crippen molar-refractivity contribution in [2.75, 3.05) is 5.32 Å². The van der Waals surface area contributed by atoms with Gasteiger partial charge in [-0.1, -0.05) is 19.1 Å². The molecule has 0 aliphatic carbocycles. The van der Waals surface area contributed by atoms with Crippen molar-refractivity contribution in [3.63, 3.8) is 0 Å². The molecule has 1 aromatic rings. The van der Waals surface area contributed by atoms with Gasteiger partial charge in [0.2, 0.25) is 0 Å². The largest absolute Gasteiger partial charge is 0.328 e. The van der Waals surface area contributed by atoms with E-state index in [9.17, 15) is 9.59 Å². The second-order valence-electron chi connectivity index (χ2n) is 7.94. The summed E-state index contributed by atoms with van der Waals surface area (Å²) in [6.07, 6.45) is 2.30. The van der Waals surface area contributed by atoms with Gasteiger partial charge in [-0.05, 0) is 64.7 Å². The zero-order chi connectivity index (χ0) is 18.1. The predicted octanol–water partition coefficient (Wildman–Crippen LogP) is 2.69. The number of nitrogens with two attached hydrogens (primary N) is 1. The third-order valence-electron chi connectivity index (χ3n) is 4.75. The number of hydrogen-bond donors (Lipinski definition) is 2. The fourth-order valence-corrected chi connectivity index (χ4v) is 4.02. The van der Waals surface area contributed by atoms with Crippen molar-refractivity contribution in [3.8, 4) is 0 Å². The lowest BCUT2D eigenvalue weighted by molar-refractivity contribution is -0.156. The van der Waals surface area contributed by atoms with Crippen LogP contribution in [0.15, 0.2) is 24.3 Å². The van der Waals surface area contributed by atoms with Gasteiger partial charge in [0.1, 0.15) is 0 Å². The molecule has 1 heterocycles. The summed E-state index contributed by atoms with van der Waals surface area (Å²) < 4.78 is 0. The van der Waals surface area contributed by atoms with Crippen LogP contribution >= 0.6 is 0 Å². The summed E-state index contributed by atoms with van der Waals surface area (Å²) in [4.78, 5) is 27.0. The minimum Gasteiger partial charge on any atom is -0.328 e. The number of aryl methyl sites for hydroxylation is 1. The molecule has 1 aliphatic rings. The number of carbonyl (C=O) groups is 2. The zero-order valence-corrected chi connectivity index (χ0v) is 15.3. The van der Waals surface area contributed by atoms with E-state index in [4.69, 9.17) is 5.73 Å². The Morgan fingerprint density at radius 1 is 1.12 bits per heavy atom. The third kappa shape index (κ3) is 3.78. The van der Waals surface area contributed by atoms with Gasteiger partial charge in [0, 0.05) is 22.8 Å². The van der Waals surface area contributed by atoms with E-state index < -0.39 is 22.9 Å². The van der Waals surface area contributed by atoms with Crippen molar-refractivity contribution in [2.24, 2.45) is 5.73 Å². The van der Waals surface area contributed by atoms with Crippen LogP contribution in [0.4, 0.5) is 5.69 Å². The maximum Gasteiger partial charge on any atom is 0.313 e. The summed E-state index contributed by atoms with van der Waals surface area (Å²) in [6.45, 7) is 9.94. The molecule has 132 valence electrons. The van der Waals surface area contributed by atoms with E-state index in [1.54, 1.807) is 4.90 Å². The first-order chi connectivity index (χ1) is 11.1. The van der Waals surface area contributed by atoms with Gasteiger partial charge in [0.15, 0.2) is 0 Å². The van der Waals surface area contributed by atoms with Crippen LogP contribution in [0.5, 0.6) is 0 Å². The molecule has 0 bridgehead atoms. The highest BCUT2D eigenvalue weighted by atomic mass is 16.2. The molecule has 0 unspecified atom stereocenters. The van der Waals surface area contributed by atoms with Crippen molar-refractivity contribution < 1.29 is 9.59 Å². The average molecular weight is 331 g/mol. The van der Waals surface area contributed by atoms with Gasteiger partial charge in [-0.25, -0.2) is 0 Å². The number of anilines is 1. The summed E-state index contributed by atoms with van der Waals surface area (Å²) in [6, 6.07) is 7.59. The van der Waals surface area contributed by atoms with Crippen molar-refractivity contribution >= 4 is 17.5 Å². The Balaban J connectivity index is 2.17. The summed E-state index contributed by atoms with van der Waals surface area (Å²) in [7, 11) is 0. The van der Waals surface area contributed by atoms with Gasteiger partial charge >= 0.3 is 11.8 Å². The van der Waals surface area contributed by atoms with Crippen molar-refractivity contribution in [1.29, 1.82) is 0 Å². The average Bonchev–Trinajstić information content (AvgIpc) is 2.44. The van der Waals surface area contributed by atoms with Crippen LogP contribution in [0.3, 0.4) is 0 Å². The number of nitrogens with zero attached hydrogens (tertiary/aromatic N) is 1. The fraction of sp³-hybridized carbons (Fsp3) is 0.579. The molecule has 2 rings (SSSR count). The number of benzene rings is 1. The van der Waals surface area contributed by atoms with Gasteiger partial charge in [-0.15, -0.1) is 0 Å². The number of likely N-dealkylation sites (tertiary alicyclic amines) is 1. The quantitative estimate of drug-likeness (QED) is 0.818. The van der Waals surface area contributed by atoms with Crippen LogP contribution in [0, 0.1) is 0 Å². The molecule has 0 aromatic heterocycles. The molecule has 5 heteroatoms. The molecule has 5 nitrogen and oxygen atoms in total. The summed E-state index contributed by atoms with van der Waals surface area (Å²) in [5.41, 5.74) is 7.04. The van der Waals surface area contributed by atoms with E-state index in [0.29, 0.717) is 18.5 Å². The zero-order valence-electron chi connectivity index (χ0n) is 15.3. The van der Waals surface area contributed by atoms with Crippen LogP contribution in [-0.2, 0) is 16.0 Å². The monoisotopic (exact) mass is 331 g/mol. The molecule has 2 amide bonds. The van der Waals surface area contributed by atoms with E-state index in [-0.39, 0.29) is 6.04 Å². The highest BCUT2D eigenvalue weighted by molar-refractivity contribution is 6.39. The summed E-state index contributed by atoms with van der Waals surface area (Å²) >= 11 is 0. The Hall–Kier alpha value is -1.88. The molecular formula is C19H29N3O2. The molecule has 24 heavy (non-hydrogen) atoms. The maximum absolute atomic E-state index is 12.8. The van der Waals surface area contributed by atoms with Crippen molar-refractivity contribution in [3.05, 3.63) is 29.8 Å². The van der Waals surface area contributed by atoms with Crippen LogP contribution < -0.4 is 11.1 Å². The van der Waals surface area contributed by atoms with E-state index in [1.165, 1.54) is 5.56 Å². The molecule has 0 spiro atoms. The van der Waals surface area contributed by atoms with E-state index >= 15 is 0 Å². The SMILES string of the molecule is CCc1ccc(NC(=O)C(=O)N2C(C)(C)CC(N)CC2(C)C)cc1. The van der Waals surface area contributed by atoms with Crippen LogP contribution in [-0.4, -0.2) is 33.8 Å². The molecule has 0 saturated carbocycles. The molecule has 1 aliphatic heterocycles. The normalized spacial score (nSPS) is 19.8. The Morgan fingerprint density at radius 3 is 2.08 bits per heavy atom. The first-order valence-electron chi connectivity index (χ1n) is 8.57. The fourth-order valence-electron chi connectivity index (χ4n) is 4.02. The number of rotatable bonds is 2. The molecular weight excluding hydrogens is 302 g/mol. The summed E-state index contributed by atoms with van der Waals surface area (Å²) in [5, 5.41) is 2.72. The minimum absolute atomic E-state index is 0.0312. The molecule has 1 fully saturated rings. The third-order valence-corrected chi connectivity index (χ3v) is 4.75. The second-order valence-corrected chi connectivity index (χ2v) is 7.94. The van der Waals surface area contributed by atoms with Crippen molar-refractivity contribution in [1.82, 2.24) is 4.90 Å². The smallest absolute Gasteiger partial charge is 0.313 e. The second kappa shape index (κ2) is 6.55. The lowest BCUT2D eigenvalue weighted by Crippen LogP contribution is -2.66. The first kappa shape index (κ1) is 18.5. The predicted molar refractivity (Wildman–Crippen MR) is 96.7 cm³/mol. The highest BCUT2D eigenvalue weighted by Crippen LogP contribution is 2.37. The van der Waals surface area contributed by atoms with E-state index in [0.717, 1.165) is 6.42 Å². The van der Waals surface area contributed by atoms with Crippen molar-refractivity contribution in [2.45, 2.75) is 71.0 Å². The Morgan fingerprint density at radius 2 is 1.62 bits per heavy atom. The van der Waals surface area contributed by atoms with Gasteiger partial charge in [0.05, 0.1) is 0 Å². The van der Waals surface area contributed by atoms with Gasteiger partial charge < -0.3 is 16.0 Å². The number of carbonyl (C=O) groups excluding carboxylic acids is 2. The van der Waals surface area contributed by atoms with Crippen LogP contribution in [0.1, 0.15) is 53.0 Å². The lowest BCUT2D eigenvalue weighted by atomic mass is 9.77. The molecule has 1 aromatic carbocycles. The van der Waals surface area contributed by atoms with Crippen LogP contribution in [0.2, 0.25) is 0 Å². The molecule has 0 radical (unpaired) electrons. The number of piperidine rings is 1. The molecule has 1 saturated heterocycles. The Kier molecular flexibility index (Phi) is 5.04. The Bertz CT molecular complexity index is 602. The topological polar surface area (TPSA) is 75.4 Å². The van der Waals surface area contributed by atoms with Gasteiger partial charge in [-0.3, -0.25) is 9.59 Å². The summed E-state index contributed by atoms with van der Waals surface area (Å²) in [5.74, 6) is -1.10. The highest BCUT2D eigenvalue weighted by Gasteiger charge is 2.48. The van der Waals surface area contributed by atoms with E-state index in [2.05, 4.69) is 12.2 Å². The Labute approximate surface area is 144 Å². The first-order valence-corrected chi connectivity index (χ1v) is 8.57. The minimum atomic E-state index is -0.601. The van der Waals surface area contributed by atoms with Gasteiger partial charge in [-0.2, -0.15) is 0 Å². The number of nitrogens with one attached hydrogen (secondary N) is 1. The van der Waals surface area contributed by atoms with E-state index in [1.807, 2.05) is 52.0 Å². The number of hydrogen-bond acceptors (Lipinski definition) is 3. The molecule has 3 N–H and O–H groups in total. The van der Waals surface area contributed by atoms with Gasteiger partial charge in [0.25, 0.3) is 0 Å².